The molecular weight excluding hydrogens is 315 g/mol. The van der Waals surface area contributed by atoms with Crippen LogP contribution in [0.15, 0.2) is 41.3 Å². The molecule has 0 amide bonds. The highest BCUT2D eigenvalue weighted by atomic mass is 35.5. The minimum atomic E-state index is -4.20. The van der Waals surface area contributed by atoms with Crippen LogP contribution in [0.1, 0.15) is 0 Å². The van der Waals surface area contributed by atoms with Gasteiger partial charge in [-0.15, -0.1) is 0 Å². The smallest absolute Gasteiger partial charge is 0.262 e. The quantitative estimate of drug-likeness (QED) is 0.939. The molecule has 8 heteroatoms. The SMILES string of the molecule is O=S(=O)(Nc1cc(F)ccc1F)c1ccc(F)c(Cl)c1. The van der Waals surface area contributed by atoms with Gasteiger partial charge in [0, 0.05) is 6.07 Å². The van der Waals surface area contributed by atoms with E-state index in [9.17, 15) is 21.6 Å². The molecule has 0 fully saturated rings. The summed E-state index contributed by atoms with van der Waals surface area (Å²) in [5, 5.41) is -0.396. The van der Waals surface area contributed by atoms with Gasteiger partial charge in [0.1, 0.15) is 17.5 Å². The maximum atomic E-state index is 13.4. The molecule has 106 valence electrons. The highest BCUT2D eigenvalue weighted by molar-refractivity contribution is 7.92. The van der Waals surface area contributed by atoms with Crippen molar-refractivity contribution in [2.24, 2.45) is 0 Å². The van der Waals surface area contributed by atoms with E-state index in [4.69, 9.17) is 11.6 Å². The number of rotatable bonds is 3. The molecule has 1 N–H and O–H groups in total. The zero-order valence-corrected chi connectivity index (χ0v) is 11.3. The average molecular weight is 322 g/mol. The van der Waals surface area contributed by atoms with Gasteiger partial charge in [-0.1, -0.05) is 11.6 Å². The minimum absolute atomic E-state index is 0.368. The van der Waals surface area contributed by atoms with Gasteiger partial charge in [-0.3, -0.25) is 4.72 Å². The first kappa shape index (κ1) is 14.7. The fourth-order valence-corrected chi connectivity index (χ4v) is 2.75. The Morgan fingerprint density at radius 1 is 0.950 bits per heavy atom. The van der Waals surface area contributed by atoms with Gasteiger partial charge in [0.05, 0.1) is 15.6 Å². The van der Waals surface area contributed by atoms with Crippen molar-refractivity contribution in [3.05, 3.63) is 58.9 Å². The van der Waals surface area contributed by atoms with E-state index >= 15 is 0 Å². The monoisotopic (exact) mass is 321 g/mol. The van der Waals surface area contributed by atoms with Crippen molar-refractivity contribution in [1.82, 2.24) is 0 Å². The van der Waals surface area contributed by atoms with Crippen molar-refractivity contribution < 1.29 is 21.6 Å². The predicted molar refractivity (Wildman–Crippen MR) is 68.6 cm³/mol. The lowest BCUT2D eigenvalue weighted by Crippen LogP contribution is -2.14. The molecule has 0 aliphatic rings. The van der Waals surface area contributed by atoms with Gasteiger partial charge >= 0.3 is 0 Å². The van der Waals surface area contributed by atoms with E-state index in [0.717, 1.165) is 30.3 Å². The van der Waals surface area contributed by atoms with Crippen molar-refractivity contribution in [2.45, 2.75) is 4.90 Å². The van der Waals surface area contributed by atoms with E-state index in [0.29, 0.717) is 6.07 Å². The maximum absolute atomic E-state index is 13.4. The van der Waals surface area contributed by atoms with Crippen LogP contribution in [0.4, 0.5) is 18.9 Å². The van der Waals surface area contributed by atoms with Gasteiger partial charge < -0.3 is 0 Å². The molecular formula is C12H7ClF3NO2S. The van der Waals surface area contributed by atoms with Crippen LogP contribution in [-0.4, -0.2) is 8.42 Å². The molecule has 0 radical (unpaired) electrons. The number of hydrogen-bond acceptors (Lipinski definition) is 2. The van der Waals surface area contributed by atoms with Gasteiger partial charge in [-0.25, -0.2) is 21.6 Å². The summed E-state index contributed by atoms with van der Waals surface area (Å²) in [5.41, 5.74) is -0.551. The molecule has 2 aromatic rings. The van der Waals surface area contributed by atoms with Crippen molar-refractivity contribution in [3.8, 4) is 0 Å². The lowest BCUT2D eigenvalue weighted by atomic mass is 10.3. The van der Waals surface area contributed by atoms with Crippen LogP contribution in [-0.2, 0) is 10.0 Å². The molecule has 0 atom stereocenters. The molecule has 3 nitrogen and oxygen atoms in total. The Morgan fingerprint density at radius 3 is 2.25 bits per heavy atom. The van der Waals surface area contributed by atoms with Crippen molar-refractivity contribution >= 4 is 27.3 Å². The number of halogens is 4. The molecule has 0 saturated carbocycles. The number of anilines is 1. The van der Waals surface area contributed by atoms with Gasteiger partial charge in [-0.05, 0) is 30.3 Å². The molecule has 0 unspecified atom stereocenters. The van der Waals surface area contributed by atoms with E-state index in [1.165, 1.54) is 0 Å². The molecule has 2 aromatic carbocycles. The Labute approximate surface area is 118 Å². The Balaban J connectivity index is 2.40. The van der Waals surface area contributed by atoms with Crippen molar-refractivity contribution in [1.29, 1.82) is 0 Å². The van der Waals surface area contributed by atoms with Crippen LogP contribution in [0.25, 0.3) is 0 Å². The summed E-state index contributed by atoms with van der Waals surface area (Å²) in [7, 11) is -4.20. The third-order valence-electron chi connectivity index (χ3n) is 2.37. The van der Waals surface area contributed by atoms with E-state index in [1.807, 2.05) is 4.72 Å². The largest absolute Gasteiger partial charge is 0.277 e. The van der Waals surface area contributed by atoms with Crippen LogP contribution in [0, 0.1) is 17.5 Å². The minimum Gasteiger partial charge on any atom is -0.277 e. The lowest BCUT2D eigenvalue weighted by molar-refractivity contribution is 0.593. The predicted octanol–water partition coefficient (Wildman–Crippen LogP) is 3.56. The molecule has 2 rings (SSSR count). The number of benzene rings is 2. The van der Waals surface area contributed by atoms with Crippen molar-refractivity contribution in [2.75, 3.05) is 4.72 Å². The van der Waals surface area contributed by atoms with E-state index in [-0.39, 0.29) is 4.90 Å². The second kappa shape index (κ2) is 5.34. The first-order chi connectivity index (χ1) is 9.29. The Morgan fingerprint density at radius 2 is 1.60 bits per heavy atom. The third kappa shape index (κ3) is 3.05. The summed E-state index contributed by atoms with van der Waals surface area (Å²) in [6.07, 6.45) is 0. The van der Waals surface area contributed by atoms with Gasteiger partial charge in [-0.2, -0.15) is 0 Å². The number of nitrogens with one attached hydrogen (secondary N) is 1. The van der Waals surface area contributed by atoms with E-state index in [1.54, 1.807) is 0 Å². The second-order valence-corrected chi connectivity index (χ2v) is 5.90. The van der Waals surface area contributed by atoms with Crippen LogP contribution < -0.4 is 4.72 Å². The van der Waals surface area contributed by atoms with E-state index in [2.05, 4.69) is 0 Å². The first-order valence-electron chi connectivity index (χ1n) is 5.22. The van der Waals surface area contributed by atoms with Crippen LogP contribution in [0.5, 0.6) is 0 Å². The molecule has 0 bridgehead atoms. The molecule has 0 aromatic heterocycles. The zero-order valence-electron chi connectivity index (χ0n) is 9.70. The van der Waals surface area contributed by atoms with E-state index < -0.39 is 38.2 Å². The van der Waals surface area contributed by atoms with Gasteiger partial charge in [0.15, 0.2) is 0 Å². The fourth-order valence-electron chi connectivity index (χ4n) is 1.42. The highest BCUT2D eigenvalue weighted by Crippen LogP contribution is 2.23. The molecule has 20 heavy (non-hydrogen) atoms. The Hall–Kier alpha value is -1.73. The molecule has 0 spiro atoms. The Kier molecular flexibility index (Phi) is 3.92. The summed E-state index contributed by atoms with van der Waals surface area (Å²) in [6.45, 7) is 0. The summed E-state index contributed by atoms with van der Waals surface area (Å²) < 4.78 is 65.1. The average Bonchev–Trinajstić information content (AvgIpc) is 2.36. The van der Waals surface area contributed by atoms with Gasteiger partial charge in [0.25, 0.3) is 10.0 Å². The van der Waals surface area contributed by atoms with Crippen molar-refractivity contribution in [3.63, 3.8) is 0 Å². The summed E-state index contributed by atoms with van der Waals surface area (Å²) in [6, 6.07) is 5.01. The molecule has 0 saturated heterocycles. The standard InChI is InChI=1S/C12H7ClF3NO2S/c13-9-6-8(2-4-10(9)15)20(18,19)17-12-5-7(14)1-3-11(12)16/h1-6,17H. The summed E-state index contributed by atoms with van der Waals surface area (Å²) in [5.74, 6) is -2.54. The zero-order chi connectivity index (χ0) is 14.9. The maximum Gasteiger partial charge on any atom is 0.262 e. The number of hydrogen-bond donors (Lipinski definition) is 1. The molecule has 0 aliphatic carbocycles. The third-order valence-corrected chi connectivity index (χ3v) is 4.03. The first-order valence-corrected chi connectivity index (χ1v) is 7.08. The van der Waals surface area contributed by atoms with Crippen LogP contribution >= 0.6 is 11.6 Å². The van der Waals surface area contributed by atoms with Crippen LogP contribution in [0.2, 0.25) is 5.02 Å². The molecule has 0 heterocycles. The summed E-state index contributed by atoms with van der Waals surface area (Å²) in [4.78, 5) is -0.368. The lowest BCUT2D eigenvalue weighted by Gasteiger charge is -2.09. The second-order valence-electron chi connectivity index (χ2n) is 3.81. The topological polar surface area (TPSA) is 46.2 Å². The van der Waals surface area contributed by atoms with Gasteiger partial charge in [0.2, 0.25) is 0 Å². The number of sulfonamides is 1. The fraction of sp³-hybridized carbons (Fsp3) is 0. The summed E-state index contributed by atoms with van der Waals surface area (Å²) >= 11 is 5.48. The Bertz CT molecular complexity index is 765. The highest BCUT2D eigenvalue weighted by Gasteiger charge is 2.18. The normalized spacial score (nSPS) is 11.4. The molecule has 0 aliphatic heterocycles. The van der Waals surface area contributed by atoms with Crippen LogP contribution in [0.3, 0.4) is 0 Å².